The van der Waals surface area contributed by atoms with Crippen LogP contribution >= 0.6 is 0 Å². The van der Waals surface area contributed by atoms with Crippen LogP contribution < -0.4 is 5.32 Å². The second-order valence-corrected chi connectivity index (χ2v) is 3.90. The molecule has 80 valence electrons. The van der Waals surface area contributed by atoms with E-state index < -0.39 is 11.7 Å². The zero-order chi connectivity index (χ0) is 11.2. The number of carbonyl (C=O) groups is 2. The Hall–Kier alpha value is -1.32. The topological polar surface area (TPSA) is 55.4 Å². The normalized spacial score (nSPS) is 11.4. The van der Waals surface area contributed by atoms with Crippen molar-refractivity contribution in [1.82, 2.24) is 5.32 Å². The van der Waals surface area contributed by atoms with Crippen molar-refractivity contribution < 1.29 is 14.3 Å². The molecular weight excluding hydrogens is 182 g/mol. The number of allylic oxidation sites excluding steroid dienone is 1. The first-order chi connectivity index (χ1) is 6.31. The van der Waals surface area contributed by atoms with Gasteiger partial charge < -0.3 is 10.1 Å². The predicted molar refractivity (Wildman–Crippen MR) is 54.1 cm³/mol. The van der Waals surface area contributed by atoms with Gasteiger partial charge in [0.25, 0.3) is 0 Å². The first-order valence-electron chi connectivity index (χ1n) is 4.45. The minimum absolute atomic E-state index is 0.0454. The van der Waals surface area contributed by atoms with Gasteiger partial charge in [0, 0.05) is 6.54 Å². The van der Waals surface area contributed by atoms with Crippen molar-refractivity contribution >= 4 is 11.9 Å². The number of ketones is 1. The van der Waals surface area contributed by atoms with E-state index in [0.717, 1.165) is 0 Å². The van der Waals surface area contributed by atoms with Gasteiger partial charge in [-0.2, -0.15) is 0 Å². The molecule has 0 aromatic carbocycles. The monoisotopic (exact) mass is 199 g/mol. The van der Waals surface area contributed by atoms with Gasteiger partial charge in [0.15, 0.2) is 5.78 Å². The highest BCUT2D eigenvalue weighted by atomic mass is 16.6. The number of hydrogen-bond donors (Lipinski definition) is 1. The summed E-state index contributed by atoms with van der Waals surface area (Å²) in [4.78, 5) is 21.5. The number of nitrogens with one attached hydrogen (secondary N) is 1. The molecule has 0 aliphatic heterocycles. The molecule has 0 aliphatic carbocycles. The average molecular weight is 199 g/mol. The summed E-state index contributed by atoms with van der Waals surface area (Å²) < 4.78 is 4.98. The molecule has 0 aromatic heterocycles. The van der Waals surface area contributed by atoms with Crippen molar-refractivity contribution in [3.63, 3.8) is 0 Å². The Labute approximate surface area is 84.3 Å². The molecule has 14 heavy (non-hydrogen) atoms. The molecule has 4 heteroatoms. The molecule has 0 rings (SSSR count). The molecule has 0 saturated carbocycles. The molecule has 0 unspecified atom stereocenters. The Balaban J connectivity index is 3.71. The van der Waals surface area contributed by atoms with Gasteiger partial charge in [-0.05, 0) is 33.8 Å². The molecule has 0 bridgehead atoms. The van der Waals surface area contributed by atoms with Crippen LogP contribution in [0.1, 0.15) is 27.7 Å². The van der Waals surface area contributed by atoms with Gasteiger partial charge in [0.1, 0.15) is 5.60 Å². The summed E-state index contributed by atoms with van der Waals surface area (Å²) >= 11 is 0. The molecule has 4 nitrogen and oxygen atoms in total. The maximum Gasteiger partial charge on any atom is 0.407 e. The van der Waals surface area contributed by atoms with E-state index in [0.29, 0.717) is 6.54 Å². The quantitative estimate of drug-likeness (QED) is 0.703. The molecule has 0 fully saturated rings. The maximum absolute atomic E-state index is 11.1. The van der Waals surface area contributed by atoms with Crippen LogP contribution in [0.2, 0.25) is 0 Å². The number of hydrogen-bond acceptors (Lipinski definition) is 3. The smallest absolute Gasteiger partial charge is 0.407 e. The number of rotatable bonds is 3. The second kappa shape index (κ2) is 5.42. The van der Waals surface area contributed by atoms with Gasteiger partial charge in [0.2, 0.25) is 0 Å². The molecule has 0 saturated heterocycles. The number of alkyl carbamates (subject to hydrolysis) is 1. The summed E-state index contributed by atoms with van der Waals surface area (Å²) in [5, 5.41) is 2.49. The average Bonchev–Trinajstić information content (AvgIpc) is 1.94. The van der Waals surface area contributed by atoms with Crippen LogP contribution in [-0.4, -0.2) is 24.0 Å². The predicted octanol–water partition coefficient (Wildman–Crippen LogP) is 1.66. The van der Waals surface area contributed by atoms with E-state index in [4.69, 9.17) is 4.74 Å². The number of amides is 1. The first-order valence-corrected chi connectivity index (χ1v) is 4.45. The van der Waals surface area contributed by atoms with Crippen molar-refractivity contribution in [1.29, 1.82) is 0 Å². The van der Waals surface area contributed by atoms with E-state index in [9.17, 15) is 9.59 Å². The fourth-order valence-corrected chi connectivity index (χ4v) is 0.681. The van der Waals surface area contributed by atoms with Crippen molar-refractivity contribution in [2.75, 3.05) is 6.54 Å². The SMILES string of the molecule is CC(=O)/C=C/CNC(=O)OC(C)(C)C. The van der Waals surface area contributed by atoms with E-state index in [1.807, 2.05) is 0 Å². The highest BCUT2D eigenvalue weighted by Crippen LogP contribution is 2.05. The molecule has 0 heterocycles. The lowest BCUT2D eigenvalue weighted by Gasteiger charge is -2.19. The molecular formula is C10H17NO3. The third kappa shape index (κ3) is 8.77. The Morgan fingerprint density at radius 3 is 2.36 bits per heavy atom. The second-order valence-electron chi connectivity index (χ2n) is 3.90. The van der Waals surface area contributed by atoms with Crippen molar-refractivity contribution in [2.24, 2.45) is 0 Å². The number of ether oxygens (including phenoxy) is 1. The molecule has 0 aromatic rings. The van der Waals surface area contributed by atoms with Gasteiger partial charge >= 0.3 is 6.09 Å². The van der Waals surface area contributed by atoms with Gasteiger partial charge in [-0.1, -0.05) is 6.08 Å². The summed E-state index contributed by atoms with van der Waals surface area (Å²) in [6.45, 7) is 7.12. The van der Waals surface area contributed by atoms with Gasteiger partial charge in [-0.15, -0.1) is 0 Å². The Kier molecular flexibility index (Phi) is 4.91. The van der Waals surface area contributed by atoms with E-state index in [-0.39, 0.29) is 5.78 Å². The molecule has 0 atom stereocenters. The van der Waals surface area contributed by atoms with Crippen LogP contribution in [0.25, 0.3) is 0 Å². The Bertz CT molecular complexity index is 238. The third-order valence-corrected chi connectivity index (χ3v) is 1.12. The molecule has 1 N–H and O–H groups in total. The third-order valence-electron chi connectivity index (χ3n) is 1.12. The van der Waals surface area contributed by atoms with E-state index >= 15 is 0 Å². The Morgan fingerprint density at radius 1 is 1.36 bits per heavy atom. The summed E-state index contributed by atoms with van der Waals surface area (Å²) in [5.74, 6) is -0.0454. The van der Waals surface area contributed by atoms with E-state index in [2.05, 4.69) is 5.32 Å². The van der Waals surface area contributed by atoms with Gasteiger partial charge in [-0.25, -0.2) is 4.79 Å². The van der Waals surface area contributed by atoms with E-state index in [1.165, 1.54) is 13.0 Å². The minimum Gasteiger partial charge on any atom is -0.444 e. The van der Waals surface area contributed by atoms with Crippen molar-refractivity contribution in [2.45, 2.75) is 33.3 Å². The van der Waals surface area contributed by atoms with Crippen molar-refractivity contribution in [3.8, 4) is 0 Å². The van der Waals surface area contributed by atoms with Gasteiger partial charge in [0.05, 0.1) is 0 Å². The first kappa shape index (κ1) is 12.7. The summed E-state index contributed by atoms with van der Waals surface area (Å²) in [5.41, 5.74) is -0.492. The lowest BCUT2D eigenvalue weighted by Crippen LogP contribution is -2.32. The zero-order valence-electron chi connectivity index (χ0n) is 9.09. The summed E-state index contributed by atoms with van der Waals surface area (Å²) in [6, 6.07) is 0. The largest absolute Gasteiger partial charge is 0.444 e. The van der Waals surface area contributed by atoms with E-state index in [1.54, 1.807) is 26.8 Å². The van der Waals surface area contributed by atoms with Crippen LogP contribution in [0.3, 0.4) is 0 Å². The molecule has 1 amide bonds. The van der Waals surface area contributed by atoms with Crippen molar-refractivity contribution in [3.05, 3.63) is 12.2 Å². The fraction of sp³-hybridized carbons (Fsp3) is 0.600. The van der Waals surface area contributed by atoms with Gasteiger partial charge in [-0.3, -0.25) is 4.79 Å². The molecule has 0 radical (unpaired) electrons. The molecule has 0 spiro atoms. The maximum atomic E-state index is 11.1. The summed E-state index contributed by atoms with van der Waals surface area (Å²) in [6.07, 6.45) is 2.49. The lowest BCUT2D eigenvalue weighted by atomic mass is 10.2. The Morgan fingerprint density at radius 2 is 1.93 bits per heavy atom. The van der Waals surface area contributed by atoms with Crippen LogP contribution in [0, 0.1) is 0 Å². The zero-order valence-corrected chi connectivity index (χ0v) is 9.09. The molecule has 0 aliphatic rings. The highest BCUT2D eigenvalue weighted by molar-refractivity contribution is 5.87. The number of carbonyl (C=O) groups excluding carboxylic acids is 2. The van der Waals surface area contributed by atoms with Crippen LogP contribution in [0.5, 0.6) is 0 Å². The van der Waals surface area contributed by atoms with Crippen LogP contribution in [0.15, 0.2) is 12.2 Å². The van der Waals surface area contributed by atoms with Crippen LogP contribution in [-0.2, 0) is 9.53 Å². The standard InChI is InChI=1S/C10H17NO3/c1-8(12)6-5-7-11-9(13)14-10(2,3)4/h5-6H,7H2,1-4H3,(H,11,13)/b6-5+. The van der Waals surface area contributed by atoms with Crippen LogP contribution in [0.4, 0.5) is 4.79 Å². The highest BCUT2D eigenvalue weighted by Gasteiger charge is 2.14. The minimum atomic E-state index is -0.492. The fourth-order valence-electron chi connectivity index (χ4n) is 0.681. The lowest BCUT2D eigenvalue weighted by molar-refractivity contribution is -0.112. The summed E-state index contributed by atoms with van der Waals surface area (Å²) in [7, 11) is 0.